The molecule has 0 aliphatic rings. The number of rotatable bonds is 7. The van der Waals surface area contributed by atoms with Gasteiger partial charge in [-0.05, 0) is 30.4 Å². The third-order valence-electron chi connectivity index (χ3n) is 4.98. The van der Waals surface area contributed by atoms with Gasteiger partial charge in [-0.25, -0.2) is 0 Å². The highest BCUT2D eigenvalue weighted by Gasteiger charge is 2.17. The number of benzene rings is 2. The number of aromatic nitrogens is 3. The highest BCUT2D eigenvalue weighted by atomic mass is 32.2. The molecule has 6 heteroatoms. The summed E-state index contributed by atoms with van der Waals surface area (Å²) in [6.07, 6.45) is 0. The molecular formula is C24H30N4OS. The molecule has 1 aromatic heterocycles. The molecule has 0 spiro atoms. The second-order valence-corrected chi connectivity index (χ2v) is 9.37. The van der Waals surface area contributed by atoms with Crippen molar-refractivity contribution in [2.75, 3.05) is 5.75 Å². The molecule has 0 fully saturated rings. The van der Waals surface area contributed by atoms with Gasteiger partial charge in [0.05, 0.1) is 5.75 Å². The second kappa shape index (κ2) is 9.47. The Kier molecular flexibility index (Phi) is 6.98. The first-order valence-electron chi connectivity index (χ1n) is 10.3. The van der Waals surface area contributed by atoms with E-state index in [2.05, 4.69) is 91.1 Å². The zero-order valence-corrected chi connectivity index (χ0v) is 19.2. The number of hydrogen-bond acceptors (Lipinski definition) is 4. The molecule has 3 rings (SSSR count). The molecule has 1 amide bonds. The molecule has 0 aliphatic carbocycles. The van der Waals surface area contributed by atoms with Gasteiger partial charge >= 0.3 is 0 Å². The Hall–Kier alpha value is -2.60. The molecule has 0 saturated heterocycles. The van der Waals surface area contributed by atoms with Gasteiger partial charge in [-0.2, -0.15) is 0 Å². The standard InChI is InChI=1S/C24H30N4OS/c1-6-28-22(19-11-13-20(14-12-19)24(3,4)5)26-27-23(28)30-16-21(29)25-15-18-9-7-17(2)8-10-18/h7-14H,6,15-16H2,1-5H3,(H,25,29). The number of thioether (sulfide) groups is 1. The van der Waals surface area contributed by atoms with E-state index in [-0.39, 0.29) is 11.3 Å². The molecule has 0 radical (unpaired) electrons. The quantitative estimate of drug-likeness (QED) is 0.546. The average molecular weight is 423 g/mol. The fourth-order valence-corrected chi connectivity index (χ4v) is 3.93. The van der Waals surface area contributed by atoms with Gasteiger partial charge in [-0.3, -0.25) is 4.79 Å². The van der Waals surface area contributed by atoms with Crippen LogP contribution < -0.4 is 5.32 Å². The lowest BCUT2D eigenvalue weighted by Crippen LogP contribution is -2.24. The Labute approximate surface area is 183 Å². The summed E-state index contributed by atoms with van der Waals surface area (Å²) in [5.74, 6) is 1.13. The minimum atomic E-state index is -0.0118. The Morgan fingerprint density at radius 1 is 1.03 bits per heavy atom. The van der Waals surface area contributed by atoms with Gasteiger partial charge in [0, 0.05) is 18.7 Å². The summed E-state index contributed by atoms with van der Waals surface area (Å²) < 4.78 is 2.06. The summed E-state index contributed by atoms with van der Waals surface area (Å²) in [4.78, 5) is 12.3. The van der Waals surface area contributed by atoms with E-state index >= 15 is 0 Å². The predicted molar refractivity (Wildman–Crippen MR) is 124 cm³/mol. The maximum absolute atomic E-state index is 12.3. The number of carbonyl (C=O) groups is 1. The minimum absolute atomic E-state index is 0.0118. The molecule has 2 aromatic carbocycles. The molecular weight excluding hydrogens is 392 g/mol. The molecule has 1 heterocycles. The SMILES string of the molecule is CCn1c(SCC(=O)NCc2ccc(C)cc2)nnc1-c1ccc(C(C)(C)C)cc1. The number of nitrogens with zero attached hydrogens (tertiary/aromatic N) is 3. The fourth-order valence-electron chi connectivity index (χ4n) is 3.10. The molecule has 1 N–H and O–H groups in total. The van der Waals surface area contributed by atoms with Crippen LogP contribution in [0.5, 0.6) is 0 Å². The largest absolute Gasteiger partial charge is 0.351 e. The Morgan fingerprint density at radius 2 is 1.70 bits per heavy atom. The van der Waals surface area contributed by atoms with E-state index in [1.54, 1.807) is 0 Å². The van der Waals surface area contributed by atoms with Crippen LogP contribution in [0.1, 0.15) is 44.4 Å². The van der Waals surface area contributed by atoms with Gasteiger partial charge < -0.3 is 9.88 Å². The molecule has 5 nitrogen and oxygen atoms in total. The Morgan fingerprint density at radius 3 is 2.30 bits per heavy atom. The van der Waals surface area contributed by atoms with Crippen LogP contribution in [0.4, 0.5) is 0 Å². The summed E-state index contributed by atoms with van der Waals surface area (Å²) in [5.41, 5.74) is 4.74. The van der Waals surface area contributed by atoms with Crippen molar-refractivity contribution in [1.82, 2.24) is 20.1 Å². The summed E-state index contributed by atoms with van der Waals surface area (Å²) in [6.45, 7) is 12.0. The average Bonchev–Trinajstić information content (AvgIpc) is 3.14. The predicted octanol–water partition coefficient (Wildman–Crippen LogP) is 4.98. The summed E-state index contributed by atoms with van der Waals surface area (Å²) in [6, 6.07) is 16.7. The second-order valence-electron chi connectivity index (χ2n) is 8.43. The van der Waals surface area contributed by atoms with Gasteiger partial charge in [-0.1, -0.05) is 86.6 Å². The van der Waals surface area contributed by atoms with Crippen LogP contribution in [0.2, 0.25) is 0 Å². The molecule has 0 unspecified atom stereocenters. The van der Waals surface area contributed by atoms with Crippen molar-refractivity contribution >= 4 is 17.7 Å². The zero-order valence-electron chi connectivity index (χ0n) is 18.4. The van der Waals surface area contributed by atoms with Crippen molar-refractivity contribution in [3.63, 3.8) is 0 Å². The first-order chi connectivity index (χ1) is 14.3. The van der Waals surface area contributed by atoms with Crippen LogP contribution >= 0.6 is 11.8 Å². The van der Waals surface area contributed by atoms with Crippen LogP contribution in [0.25, 0.3) is 11.4 Å². The van der Waals surface area contributed by atoms with E-state index in [0.29, 0.717) is 12.3 Å². The van der Waals surface area contributed by atoms with Crippen LogP contribution in [-0.4, -0.2) is 26.4 Å². The van der Waals surface area contributed by atoms with Crippen molar-refractivity contribution in [1.29, 1.82) is 0 Å². The highest BCUT2D eigenvalue weighted by molar-refractivity contribution is 7.99. The normalized spacial score (nSPS) is 11.5. The van der Waals surface area contributed by atoms with E-state index in [4.69, 9.17) is 0 Å². The third-order valence-corrected chi connectivity index (χ3v) is 5.95. The maximum Gasteiger partial charge on any atom is 0.230 e. The number of carbonyl (C=O) groups excluding carboxylic acids is 1. The third kappa shape index (κ3) is 5.51. The summed E-state index contributed by atoms with van der Waals surface area (Å²) in [5, 5.41) is 12.4. The molecule has 0 atom stereocenters. The molecule has 0 bridgehead atoms. The summed E-state index contributed by atoms with van der Waals surface area (Å²) >= 11 is 1.42. The molecule has 0 aliphatic heterocycles. The van der Waals surface area contributed by atoms with Gasteiger partial charge in [0.25, 0.3) is 0 Å². The van der Waals surface area contributed by atoms with Crippen molar-refractivity contribution in [3.05, 3.63) is 65.2 Å². The van der Waals surface area contributed by atoms with Gasteiger partial charge in [0.2, 0.25) is 5.91 Å². The number of amides is 1. The van der Waals surface area contributed by atoms with Crippen molar-refractivity contribution < 1.29 is 4.79 Å². The molecule has 158 valence electrons. The minimum Gasteiger partial charge on any atom is -0.351 e. The van der Waals surface area contributed by atoms with Crippen LogP contribution in [-0.2, 0) is 23.3 Å². The topological polar surface area (TPSA) is 59.8 Å². The maximum atomic E-state index is 12.3. The summed E-state index contributed by atoms with van der Waals surface area (Å²) in [7, 11) is 0. The lowest BCUT2D eigenvalue weighted by molar-refractivity contribution is -0.118. The lowest BCUT2D eigenvalue weighted by Gasteiger charge is -2.19. The van der Waals surface area contributed by atoms with Gasteiger partial charge in [-0.15, -0.1) is 10.2 Å². The van der Waals surface area contributed by atoms with Crippen molar-refractivity contribution in [3.8, 4) is 11.4 Å². The Bertz CT molecular complexity index is 986. The number of nitrogens with one attached hydrogen (secondary N) is 1. The van der Waals surface area contributed by atoms with E-state index in [1.807, 2.05) is 12.1 Å². The van der Waals surface area contributed by atoms with Crippen LogP contribution in [0.15, 0.2) is 53.7 Å². The number of aryl methyl sites for hydroxylation is 1. The molecule has 3 aromatic rings. The van der Waals surface area contributed by atoms with E-state index in [9.17, 15) is 4.79 Å². The van der Waals surface area contributed by atoms with Gasteiger partial charge in [0.1, 0.15) is 0 Å². The fraction of sp³-hybridized carbons (Fsp3) is 0.375. The molecule has 0 saturated carbocycles. The first-order valence-corrected chi connectivity index (χ1v) is 11.3. The van der Waals surface area contributed by atoms with Crippen molar-refractivity contribution in [2.45, 2.75) is 58.3 Å². The Balaban J connectivity index is 1.62. The lowest BCUT2D eigenvalue weighted by atomic mass is 9.87. The number of hydrogen-bond donors (Lipinski definition) is 1. The van der Waals surface area contributed by atoms with E-state index in [1.165, 1.54) is 22.9 Å². The van der Waals surface area contributed by atoms with Gasteiger partial charge in [0.15, 0.2) is 11.0 Å². The first kappa shape index (κ1) is 22.1. The van der Waals surface area contributed by atoms with E-state index < -0.39 is 0 Å². The zero-order chi connectivity index (χ0) is 21.7. The smallest absolute Gasteiger partial charge is 0.230 e. The van der Waals surface area contributed by atoms with Crippen molar-refractivity contribution in [2.24, 2.45) is 0 Å². The van der Waals surface area contributed by atoms with E-state index in [0.717, 1.165) is 28.7 Å². The van der Waals surface area contributed by atoms with Crippen LogP contribution in [0, 0.1) is 6.92 Å². The van der Waals surface area contributed by atoms with Crippen LogP contribution in [0.3, 0.4) is 0 Å². The highest BCUT2D eigenvalue weighted by Crippen LogP contribution is 2.27. The monoisotopic (exact) mass is 422 g/mol. The molecule has 30 heavy (non-hydrogen) atoms.